The molecule has 0 atom stereocenters. The number of nitrogens with one attached hydrogen (secondary N) is 1. The second kappa shape index (κ2) is 5.88. The molecule has 20 heavy (non-hydrogen) atoms. The molecule has 0 aliphatic carbocycles. The van der Waals surface area contributed by atoms with E-state index in [1.54, 1.807) is 12.1 Å². The fourth-order valence-electron chi connectivity index (χ4n) is 1.95. The van der Waals surface area contributed by atoms with Crippen LogP contribution < -0.4 is 5.32 Å². The van der Waals surface area contributed by atoms with Crippen LogP contribution in [0.4, 0.5) is 0 Å². The Hall–Kier alpha value is -2.14. The van der Waals surface area contributed by atoms with E-state index >= 15 is 0 Å². The fraction of sp³-hybridized carbons (Fsp3) is 0.214. The summed E-state index contributed by atoms with van der Waals surface area (Å²) in [6.45, 7) is 3.89. The normalized spacial score (nSPS) is 13.3. The molecule has 1 aromatic carbocycles. The van der Waals surface area contributed by atoms with E-state index < -0.39 is 11.8 Å². The van der Waals surface area contributed by atoms with Gasteiger partial charge in [-0.25, -0.2) is 0 Å². The van der Waals surface area contributed by atoms with E-state index in [9.17, 15) is 14.4 Å². The van der Waals surface area contributed by atoms with Crippen molar-refractivity contribution in [3.05, 3.63) is 47.0 Å². The van der Waals surface area contributed by atoms with E-state index in [1.807, 2.05) is 0 Å². The molecule has 0 saturated carbocycles. The number of fused-ring (bicyclic) bond motifs is 1. The van der Waals surface area contributed by atoms with Crippen molar-refractivity contribution in [3.8, 4) is 0 Å². The van der Waals surface area contributed by atoms with Crippen LogP contribution in [0.15, 0.2) is 30.9 Å². The van der Waals surface area contributed by atoms with Gasteiger partial charge in [-0.15, -0.1) is 6.58 Å². The zero-order valence-corrected chi connectivity index (χ0v) is 11.4. The van der Waals surface area contributed by atoms with Gasteiger partial charge in [-0.3, -0.25) is 19.3 Å². The van der Waals surface area contributed by atoms with Gasteiger partial charge in [0.1, 0.15) is 0 Å². The van der Waals surface area contributed by atoms with Gasteiger partial charge < -0.3 is 5.32 Å². The molecular weight excluding hydrogens is 280 g/mol. The first kappa shape index (κ1) is 14.3. The number of nitrogens with zero attached hydrogens (tertiary/aromatic N) is 1. The molecule has 6 heteroatoms. The molecule has 1 aromatic rings. The van der Waals surface area contributed by atoms with Crippen LogP contribution in [0.3, 0.4) is 0 Å². The van der Waals surface area contributed by atoms with E-state index in [1.165, 1.54) is 12.1 Å². The maximum Gasteiger partial charge on any atom is 0.261 e. The third-order valence-electron chi connectivity index (χ3n) is 2.94. The minimum absolute atomic E-state index is 0.0486. The molecule has 5 nitrogen and oxygen atoms in total. The summed E-state index contributed by atoms with van der Waals surface area (Å²) >= 11 is 5.81. The highest BCUT2D eigenvalue weighted by Crippen LogP contribution is 2.25. The molecule has 0 aromatic heterocycles. The molecule has 0 radical (unpaired) electrons. The number of hydrogen-bond donors (Lipinski definition) is 1. The first-order valence-electron chi connectivity index (χ1n) is 6.08. The van der Waals surface area contributed by atoms with Gasteiger partial charge in [0.05, 0.1) is 11.1 Å². The lowest BCUT2D eigenvalue weighted by Crippen LogP contribution is -2.34. The van der Waals surface area contributed by atoms with Crippen LogP contribution in [0.25, 0.3) is 0 Å². The van der Waals surface area contributed by atoms with E-state index in [2.05, 4.69) is 11.9 Å². The largest absolute Gasteiger partial charge is 0.353 e. The highest BCUT2D eigenvalue weighted by atomic mass is 35.5. The van der Waals surface area contributed by atoms with Gasteiger partial charge in [0.15, 0.2) is 0 Å². The van der Waals surface area contributed by atoms with Crippen LogP contribution in [0, 0.1) is 0 Å². The molecule has 3 amide bonds. The minimum Gasteiger partial charge on any atom is -0.353 e. The van der Waals surface area contributed by atoms with Crippen molar-refractivity contribution in [2.75, 3.05) is 13.1 Å². The highest BCUT2D eigenvalue weighted by Gasteiger charge is 2.35. The lowest BCUT2D eigenvalue weighted by atomic mass is 10.1. The monoisotopic (exact) mass is 292 g/mol. The number of hydrogen-bond acceptors (Lipinski definition) is 3. The molecular formula is C14H13ClN2O3. The van der Waals surface area contributed by atoms with Crippen molar-refractivity contribution in [2.24, 2.45) is 0 Å². The quantitative estimate of drug-likeness (QED) is 0.662. The molecule has 1 heterocycles. The van der Waals surface area contributed by atoms with E-state index in [-0.39, 0.29) is 24.4 Å². The fourth-order valence-corrected chi connectivity index (χ4v) is 2.13. The summed E-state index contributed by atoms with van der Waals surface area (Å²) in [6.07, 6.45) is 1.62. The van der Waals surface area contributed by atoms with Crippen LogP contribution in [0.2, 0.25) is 5.02 Å². The molecule has 0 fully saturated rings. The van der Waals surface area contributed by atoms with E-state index in [4.69, 9.17) is 11.6 Å². The van der Waals surface area contributed by atoms with Crippen LogP contribution >= 0.6 is 11.6 Å². The summed E-state index contributed by atoms with van der Waals surface area (Å²) in [6, 6.07) is 4.55. The van der Waals surface area contributed by atoms with Crippen molar-refractivity contribution in [3.63, 3.8) is 0 Å². The van der Waals surface area contributed by atoms with Crippen molar-refractivity contribution in [1.82, 2.24) is 10.2 Å². The van der Waals surface area contributed by atoms with Crippen molar-refractivity contribution in [1.29, 1.82) is 0 Å². The maximum absolute atomic E-state index is 12.1. The first-order valence-corrected chi connectivity index (χ1v) is 6.45. The lowest BCUT2D eigenvalue weighted by molar-refractivity contribution is -0.120. The third-order valence-corrected chi connectivity index (χ3v) is 3.17. The predicted molar refractivity (Wildman–Crippen MR) is 74.6 cm³/mol. The summed E-state index contributed by atoms with van der Waals surface area (Å²) in [7, 11) is 0. The number of imide groups is 1. The molecule has 1 aliphatic heterocycles. The Bertz CT molecular complexity index is 598. The van der Waals surface area contributed by atoms with Crippen molar-refractivity contribution >= 4 is 29.3 Å². The Morgan fingerprint density at radius 3 is 2.70 bits per heavy atom. The minimum atomic E-state index is -0.413. The average molecular weight is 293 g/mol. The second-order valence-corrected chi connectivity index (χ2v) is 4.73. The number of halogens is 1. The number of benzene rings is 1. The number of amides is 3. The predicted octanol–water partition coefficient (Wildman–Crippen LogP) is 1.63. The molecule has 0 spiro atoms. The van der Waals surface area contributed by atoms with Crippen LogP contribution in [0.1, 0.15) is 27.1 Å². The third kappa shape index (κ3) is 2.72. The van der Waals surface area contributed by atoms with E-state index in [0.29, 0.717) is 17.1 Å². The average Bonchev–Trinajstić information content (AvgIpc) is 2.66. The molecule has 0 unspecified atom stereocenters. The first-order chi connectivity index (χ1) is 9.54. The summed E-state index contributed by atoms with van der Waals surface area (Å²) in [4.78, 5) is 36.7. The smallest absolute Gasteiger partial charge is 0.261 e. The molecule has 1 aliphatic rings. The molecule has 0 saturated heterocycles. The van der Waals surface area contributed by atoms with Crippen molar-refractivity contribution in [2.45, 2.75) is 6.42 Å². The van der Waals surface area contributed by atoms with Crippen LogP contribution in [-0.4, -0.2) is 35.7 Å². The summed E-state index contributed by atoms with van der Waals surface area (Å²) < 4.78 is 0. The SMILES string of the molecule is C=CCNC(=O)CCN1C(=O)c2ccc(Cl)cc2C1=O. The molecule has 2 rings (SSSR count). The topological polar surface area (TPSA) is 66.5 Å². The van der Waals surface area contributed by atoms with E-state index in [0.717, 1.165) is 4.90 Å². The molecule has 104 valence electrons. The maximum atomic E-state index is 12.1. The number of rotatable bonds is 5. The Balaban J connectivity index is 2.05. The zero-order valence-electron chi connectivity index (χ0n) is 10.7. The Kier molecular flexibility index (Phi) is 4.20. The van der Waals surface area contributed by atoms with Gasteiger partial charge in [0.2, 0.25) is 5.91 Å². The number of carbonyl (C=O) groups excluding carboxylic acids is 3. The van der Waals surface area contributed by atoms with Gasteiger partial charge in [-0.2, -0.15) is 0 Å². The van der Waals surface area contributed by atoms with Gasteiger partial charge >= 0.3 is 0 Å². The summed E-state index contributed by atoms with van der Waals surface area (Å²) in [5.41, 5.74) is 0.611. The standard InChI is InChI=1S/C14H13ClN2O3/c1-2-6-16-12(18)5-7-17-13(19)10-4-3-9(15)8-11(10)14(17)20/h2-4,8H,1,5-7H2,(H,16,18). The number of carbonyl (C=O) groups is 3. The summed E-state index contributed by atoms with van der Waals surface area (Å²) in [5, 5.41) is 2.99. The van der Waals surface area contributed by atoms with Crippen LogP contribution in [0.5, 0.6) is 0 Å². The summed E-state index contributed by atoms with van der Waals surface area (Å²) in [5.74, 6) is -1.04. The molecule has 0 bridgehead atoms. The second-order valence-electron chi connectivity index (χ2n) is 4.29. The zero-order chi connectivity index (χ0) is 14.7. The van der Waals surface area contributed by atoms with Gasteiger partial charge in [-0.05, 0) is 18.2 Å². The molecule has 1 N–H and O–H groups in total. The van der Waals surface area contributed by atoms with Crippen LogP contribution in [-0.2, 0) is 4.79 Å². The Morgan fingerprint density at radius 2 is 2.00 bits per heavy atom. The highest BCUT2D eigenvalue weighted by molar-refractivity contribution is 6.32. The van der Waals surface area contributed by atoms with Gasteiger partial charge in [0.25, 0.3) is 11.8 Å². The Morgan fingerprint density at radius 1 is 1.30 bits per heavy atom. The van der Waals surface area contributed by atoms with Gasteiger partial charge in [-0.1, -0.05) is 17.7 Å². The Labute approximate surface area is 121 Å². The van der Waals surface area contributed by atoms with Gasteiger partial charge in [0, 0.05) is 24.5 Å². The lowest BCUT2D eigenvalue weighted by Gasteiger charge is -2.13. The van der Waals surface area contributed by atoms with Crippen molar-refractivity contribution < 1.29 is 14.4 Å².